The second-order valence-electron chi connectivity index (χ2n) is 9.92. The fourth-order valence-electron chi connectivity index (χ4n) is 5.10. The van der Waals surface area contributed by atoms with Gasteiger partial charge in [-0.15, -0.1) is 11.3 Å². The Morgan fingerprint density at radius 3 is 2.65 bits per heavy atom. The van der Waals surface area contributed by atoms with E-state index in [0.29, 0.717) is 43.8 Å². The van der Waals surface area contributed by atoms with E-state index in [9.17, 15) is 17.6 Å². The van der Waals surface area contributed by atoms with Crippen molar-refractivity contribution in [2.24, 2.45) is 0 Å². The fourth-order valence-corrected chi connectivity index (χ4v) is 6.57. The predicted octanol–water partition coefficient (Wildman–Crippen LogP) is 4.25. The van der Waals surface area contributed by atoms with Gasteiger partial charge < -0.3 is 10.5 Å². The van der Waals surface area contributed by atoms with Crippen molar-refractivity contribution >= 4 is 48.7 Å². The number of aromatic nitrogens is 6. The summed E-state index contributed by atoms with van der Waals surface area (Å²) in [4.78, 5) is 27.5. The van der Waals surface area contributed by atoms with Crippen LogP contribution in [0.2, 0.25) is 0 Å². The van der Waals surface area contributed by atoms with Gasteiger partial charge in [-0.1, -0.05) is 12.1 Å². The molecule has 0 radical (unpaired) electrons. The summed E-state index contributed by atoms with van der Waals surface area (Å²) >= 11 is 1.42. The quantitative estimate of drug-likeness (QED) is 0.266. The summed E-state index contributed by atoms with van der Waals surface area (Å²) in [5, 5.41) is 7.14. The number of nitrogens with zero attached hydrogens (tertiary/aromatic N) is 6. The van der Waals surface area contributed by atoms with Crippen LogP contribution in [0.3, 0.4) is 0 Å². The summed E-state index contributed by atoms with van der Waals surface area (Å²) in [5.74, 6) is -0.266. The molecule has 1 atom stereocenters. The Morgan fingerprint density at radius 2 is 1.93 bits per heavy atom. The van der Waals surface area contributed by atoms with Gasteiger partial charge in [-0.05, 0) is 49.2 Å². The van der Waals surface area contributed by atoms with Crippen molar-refractivity contribution in [3.63, 3.8) is 0 Å². The van der Waals surface area contributed by atoms with Crippen LogP contribution in [-0.4, -0.2) is 50.9 Å². The number of thiazole rings is 1. The predicted molar refractivity (Wildman–Crippen MR) is 163 cm³/mol. The lowest BCUT2D eigenvalue weighted by Gasteiger charge is -2.18. The highest BCUT2D eigenvalue weighted by atomic mass is 32.2. The van der Waals surface area contributed by atoms with Crippen molar-refractivity contribution in [3.8, 4) is 28.3 Å². The highest BCUT2D eigenvalue weighted by molar-refractivity contribution is 7.92. The molecule has 15 heteroatoms. The molecule has 1 unspecified atom stereocenters. The van der Waals surface area contributed by atoms with Crippen LogP contribution in [-0.2, 0) is 10.0 Å². The van der Waals surface area contributed by atoms with Crippen LogP contribution in [0, 0.1) is 12.7 Å². The highest BCUT2D eigenvalue weighted by Gasteiger charge is 2.26. The number of hydrogen-bond donors (Lipinski definition) is 2. The molecule has 1 aromatic carbocycles. The Hall–Kier alpha value is -4.89. The van der Waals surface area contributed by atoms with Crippen molar-refractivity contribution in [1.82, 2.24) is 29.1 Å². The molecule has 0 saturated heterocycles. The first-order valence-corrected chi connectivity index (χ1v) is 15.6. The van der Waals surface area contributed by atoms with Crippen molar-refractivity contribution in [3.05, 3.63) is 81.7 Å². The van der Waals surface area contributed by atoms with Crippen molar-refractivity contribution in [2.45, 2.75) is 19.9 Å². The number of nitrogens with one attached hydrogen (secondary N) is 1. The number of aryl methyl sites for hydroxylation is 1. The number of fused-ring (bicyclic) bond motifs is 2. The first-order chi connectivity index (χ1) is 20.5. The van der Waals surface area contributed by atoms with Gasteiger partial charge in [-0.25, -0.2) is 32.4 Å². The van der Waals surface area contributed by atoms with E-state index in [1.807, 2.05) is 25.3 Å². The van der Waals surface area contributed by atoms with E-state index < -0.39 is 21.9 Å². The van der Waals surface area contributed by atoms with Crippen LogP contribution in [0.25, 0.3) is 38.2 Å². The number of hydrogen-bond acceptors (Lipinski definition) is 10. The van der Waals surface area contributed by atoms with Crippen LogP contribution < -0.4 is 20.8 Å². The van der Waals surface area contributed by atoms with Crippen molar-refractivity contribution < 1.29 is 17.5 Å². The van der Waals surface area contributed by atoms with Crippen LogP contribution >= 0.6 is 11.3 Å². The summed E-state index contributed by atoms with van der Waals surface area (Å²) < 4.78 is 49.3. The third-order valence-electron chi connectivity index (χ3n) is 6.97. The summed E-state index contributed by atoms with van der Waals surface area (Å²) in [6, 6.07) is 8.72. The van der Waals surface area contributed by atoms with Crippen molar-refractivity contribution in [2.75, 3.05) is 23.8 Å². The number of ether oxygens (including phenoxy) is 1. The van der Waals surface area contributed by atoms with E-state index in [0.717, 1.165) is 11.9 Å². The standard InChI is InChI=1S/C28H25FN8O4S2/c1-14-12-42-21-10-19(22(28(38)36(14)21)16-6-5-7-18(29)8-16)15(2)37-26-23(25(30)32-13-33-26)24(34-37)17-9-20(35-43(4,39)40)27(41-3)31-11-17/h5-13,15,35H,1-4H3,(H2,30,32,33). The second kappa shape index (κ2) is 10.4. The van der Waals surface area contributed by atoms with E-state index in [4.69, 9.17) is 15.6 Å². The lowest BCUT2D eigenvalue weighted by molar-refractivity contribution is 0.400. The molecule has 0 aliphatic heterocycles. The molecule has 0 aliphatic carbocycles. The molecule has 220 valence electrons. The van der Waals surface area contributed by atoms with Crippen LogP contribution in [0.4, 0.5) is 15.9 Å². The minimum atomic E-state index is -3.66. The normalized spacial score (nSPS) is 12.6. The number of pyridine rings is 2. The molecule has 6 aromatic rings. The lowest BCUT2D eigenvalue weighted by Crippen LogP contribution is -2.21. The SMILES string of the molecule is COc1ncc(-c2nn(C(C)c3cc4scc(C)n4c(=O)c3-c3cccc(F)c3)c3ncnc(N)c23)cc1NS(C)(=O)=O. The Bertz CT molecular complexity index is 2230. The first kappa shape index (κ1) is 28.2. The average molecular weight is 621 g/mol. The average Bonchev–Trinajstić information content (AvgIpc) is 3.53. The zero-order valence-corrected chi connectivity index (χ0v) is 25.0. The first-order valence-electron chi connectivity index (χ1n) is 12.9. The highest BCUT2D eigenvalue weighted by Crippen LogP contribution is 2.37. The Labute approximate surface area is 248 Å². The molecule has 3 N–H and O–H groups in total. The van der Waals surface area contributed by atoms with Gasteiger partial charge in [0, 0.05) is 22.8 Å². The van der Waals surface area contributed by atoms with E-state index in [1.165, 1.54) is 49.2 Å². The maximum Gasteiger partial charge on any atom is 0.264 e. The van der Waals surface area contributed by atoms with Gasteiger partial charge in [0.15, 0.2) is 5.65 Å². The fraction of sp³-hybridized carbons (Fsp3) is 0.179. The number of halogens is 1. The maximum absolute atomic E-state index is 14.4. The zero-order chi connectivity index (χ0) is 30.6. The van der Waals surface area contributed by atoms with Crippen LogP contribution in [0.15, 0.2) is 59.1 Å². The third-order valence-corrected chi connectivity index (χ3v) is 8.56. The number of methoxy groups -OCH3 is 1. The monoisotopic (exact) mass is 620 g/mol. The molecule has 0 aliphatic rings. The van der Waals surface area contributed by atoms with E-state index in [1.54, 1.807) is 21.2 Å². The number of anilines is 2. The third kappa shape index (κ3) is 4.95. The van der Waals surface area contributed by atoms with Crippen LogP contribution in [0.1, 0.15) is 24.2 Å². The molecule has 6 rings (SSSR count). The number of sulfonamides is 1. The van der Waals surface area contributed by atoms with Gasteiger partial charge in [-0.3, -0.25) is 13.9 Å². The van der Waals surface area contributed by atoms with E-state index >= 15 is 0 Å². The van der Waals surface area contributed by atoms with Gasteiger partial charge in [0.2, 0.25) is 15.9 Å². The number of nitrogens with two attached hydrogens (primary N) is 1. The summed E-state index contributed by atoms with van der Waals surface area (Å²) in [6.07, 6.45) is 3.80. The molecular weight excluding hydrogens is 595 g/mol. The van der Waals surface area contributed by atoms with Gasteiger partial charge in [0.05, 0.1) is 30.4 Å². The molecule has 5 aromatic heterocycles. The Balaban J connectivity index is 1.60. The summed E-state index contributed by atoms with van der Waals surface area (Å²) in [5.41, 5.74) is 9.38. The molecule has 0 saturated carbocycles. The maximum atomic E-state index is 14.4. The second-order valence-corrected chi connectivity index (χ2v) is 12.6. The van der Waals surface area contributed by atoms with Gasteiger partial charge in [-0.2, -0.15) is 5.10 Å². The lowest BCUT2D eigenvalue weighted by atomic mass is 9.97. The number of rotatable bonds is 7. The minimum Gasteiger partial charge on any atom is -0.480 e. The Kier molecular flexibility index (Phi) is 6.85. The van der Waals surface area contributed by atoms with E-state index in [2.05, 4.69) is 19.7 Å². The van der Waals surface area contributed by atoms with E-state index in [-0.39, 0.29) is 22.9 Å². The van der Waals surface area contributed by atoms with Gasteiger partial charge in [0.25, 0.3) is 5.56 Å². The van der Waals surface area contributed by atoms with Crippen molar-refractivity contribution in [1.29, 1.82) is 0 Å². The topological polar surface area (TPSA) is 159 Å². The molecule has 0 amide bonds. The van der Waals surface area contributed by atoms with Crippen LogP contribution in [0.5, 0.6) is 5.88 Å². The Morgan fingerprint density at radius 1 is 1.14 bits per heavy atom. The zero-order valence-electron chi connectivity index (χ0n) is 23.4. The smallest absolute Gasteiger partial charge is 0.264 e. The molecule has 12 nitrogen and oxygen atoms in total. The molecule has 0 fully saturated rings. The number of nitrogen functional groups attached to an aromatic ring is 1. The molecule has 0 bridgehead atoms. The van der Waals surface area contributed by atoms with Gasteiger partial charge >= 0.3 is 0 Å². The minimum absolute atomic E-state index is 0.0651. The molecule has 5 heterocycles. The molecule has 43 heavy (non-hydrogen) atoms. The number of benzene rings is 1. The molecular formula is C28H25FN8O4S2. The summed E-state index contributed by atoms with van der Waals surface area (Å²) in [7, 11) is -2.29. The largest absolute Gasteiger partial charge is 0.480 e. The molecule has 0 spiro atoms. The summed E-state index contributed by atoms with van der Waals surface area (Å²) in [6.45, 7) is 3.69. The van der Waals surface area contributed by atoms with Gasteiger partial charge in [0.1, 0.15) is 34.2 Å².